The van der Waals surface area contributed by atoms with Crippen molar-refractivity contribution in [3.05, 3.63) is 60.2 Å². The predicted octanol–water partition coefficient (Wildman–Crippen LogP) is 2.24. The van der Waals surface area contributed by atoms with Crippen LogP contribution in [0.4, 0.5) is 5.69 Å². The van der Waals surface area contributed by atoms with E-state index in [9.17, 15) is 8.42 Å². The lowest BCUT2D eigenvalue weighted by Gasteiger charge is -2.19. The average molecular weight is 348 g/mol. The molecule has 0 amide bonds. The number of benzene rings is 2. The second-order valence-electron chi connectivity index (χ2n) is 5.07. The first-order valence-electron chi connectivity index (χ1n) is 7.38. The highest BCUT2D eigenvalue weighted by atomic mass is 32.2. The minimum atomic E-state index is -3.59. The minimum absolute atomic E-state index is 0.0993. The van der Waals surface area contributed by atoms with Crippen LogP contribution in [-0.2, 0) is 14.9 Å². The van der Waals surface area contributed by atoms with Gasteiger partial charge in [-0.2, -0.15) is 0 Å². The number of rotatable bonds is 7. The van der Waals surface area contributed by atoms with Crippen LogP contribution < -0.4 is 4.31 Å². The van der Waals surface area contributed by atoms with Crippen molar-refractivity contribution in [3.8, 4) is 0 Å². The maximum absolute atomic E-state index is 12.6. The quantitative estimate of drug-likeness (QED) is 0.473. The van der Waals surface area contributed by atoms with Gasteiger partial charge in [-0.05, 0) is 36.8 Å². The number of oxime groups is 1. The molecule has 2 rings (SSSR count). The third kappa shape index (κ3) is 4.12. The molecule has 0 heterocycles. The molecule has 0 fully saturated rings. The third-order valence-corrected chi connectivity index (χ3v) is 5.23. The topological polar surface area (TPSA) is 79.2 Å². The first-order chi connectivity index (χ1) is 11.5. The zero-order chi connectivity index (χ0) is 17.6. The summed E-state index contributed by atoms with van der Waals surface area (Å²) in [5.74, 6) is 0. The molecule has 0 saturated carbocycles. The number of anilines is 1. The van der Waals surface area contributed by atoms with Gasteiger partial charge in [0.05, 0.1) is 22.9 Å². The number of hydrogen-bond donors (Lipinski definition) is 1. The molecule has 0 aromatic heterocycles. The van der Waals surface area contributed by atoms with Crippen molar-refractivity contribution in [1.29, 1.82) is 0 Å². The Morgan fingerprint density at radius 2 is 1.75 bits per heavy atom. The summed E-state index contributed by atoms with van der Waals surface area (Å²) >= 11 is 0. The summed E-state index contributed by atoms with van der Waals surface area (Å²) in [4.78, 5) is 5.16. The standard InChI is InChI=1S/C17H20N2O4S/c1-14(18-23-13-12-20)15-8-10-16(11-9-15)19(2)24(21,22)17-6-4-3-5-7-17/h3-11,20H,12-13H2,1-2H3. The Morgan fingerprint density at radius 1 is 1.12 bits per heavy atom. The summed E-state index contributed by atoms with van der Waals surface area (Å²) in [5, 5.41) is 12.5. The zero-order valence-electron chi connectivity index (χ0n) is 13.6. The summed E-state index contributed by atoms with van der Waals surface area (Å²) in [7, 11) is -2.08. The van der Waals surface area contributed by atoms with E-state index in [1.165, 1.54) is 11.4 Å². The molecule has 0 aliphatic heterocycles. The lowest BCUT2D eigenvalue weighted by Crippen LogP contribution is -2.26. The van der Waals surface area contributed by atoms with E-state index < -0.39 is 10.0 Å². The molecule has 1 N–H and O–H groups in total. The van der Waals surface area contributed by atoms with E-state index in [1.54, 1.807) is 61.5 Å². The number of nitrogens with zero attached hydrogens (tertiary/aromatic N) is 2. The summed E-state index contributed by atoms with van der Waals surface area (Å²) in [6, 6.07) is 15.2. The smallest absolute Gasteiger partial charge is 0.264 e. The molecular formula is C17H20N2O4S. The fraction of sp³-hybridized carbons (Fsp3) is 0.235. The summed E-state index contributed by atoms with van der Waals surface area (Å²) in [6.45, 7) is 1.81. The minimum Gasteiger partial charge on any atom is -0.393 e. The van der Waals surface area contributed by atoms with Crippen LogP contribution in [0, 0.1) is 0 Å². The van der Waals surface area contributed by atoms with Gasteiger partial charge >= 0.3 is 0 Å². The summed E-state index contributed by atoms with van der Waals surface area (Å²) in [5.41, 5.74) is 2.00. The average Bonchev–Trinajstić information content (AvgIpc) is 2.62. The molecule has 0 atom stereocenters. The highest BCUT2D eigenvalue weighted by molar-refractivity contribution is 7.92. The second kappa shape index (κ2) is 7.94. The van der Waals surface area contributed by atoms with Crippen molar-refractivity contribution in [1.82, 2.24) is 0 Å². The molecule has 2 aromatic carbocycles. The number of sulfonamides is 1. The molecular weight excluding hydrogens is 328 g/mol. The molecule has 0 aliphatic rings. The first kappa shape index (κ1) is 18.0. The van der Waals surface area contributed by atoms with Crippen molar-refractivity contribution in [2.45, 2.75) is 11.8 Å². The zero-order valence-corrected chi connectivity index (χ0v) is 14.4. The van der Waals surface area contributed by atoms with E-state index in [1.807, 2.05) is 0 Å². The predicted molar refractivity (Wildman–Crippen MR) is 93.7 cm³/mol. The van der Waals surface area contributed by atoms with Gasteiger partial charge < -0.3 is 9.94 Å². The molecule has 0 bridgehead atoms. The van der Waals surface area contributed by atoms with Crippen LogP contribution in [-0.4, -0.2) is 39.5 Å². The SMILES string of the molecule is CC(=NOCCO)c1ccc(N(C)S(=O)(=O)c2ccccc2)cc1. The molecule has 128 valence electrons. The number of hydrogen-bond acceptors (Lipinski definition) is 5. The molecule has 0 unspecified atom stereocenters. The van der Waals surface area contributed by atoms with Crippen LogP contribution in [0.2, 0.25) is 0 Å². The van der Waals surface area contributed by atoms with Gasteiger partial charge in [-0.15, -0.1) is 0 Å². The Kier molecular flexibility index (Phi) is 5.94. The summed E-state index contributed by atoms with van der Waals surface area (Å²) < 4.78 is 26.4. The van der Waals surface area contributed by atoms with Gasteiger partial charge in [0.1, 0.15) is 6.61 Å². The van der Waals surface area contributed by atoms with E-state index in [-0.39, 0.29) is 18.1 Å². The maximum atomic E-state index is 12.6. The molecule has 0 aliphatic carbocycles. The largest absolute Gasteiger partial charge is 0.393 e. The number of aliphatic hydroxyl groups excluding tert-OH is 1. The van der Waals surface area contributed by atoms with Crippen molar-refractivity contribution >= 4 is 21.4 Å². The highest BCUT2D eigenvalue weighted by Crippen LogP contribution is 2.22. The van der Waals surface area contributed by atoms with Crippen LogP contribution >= 0.6 is 0 Å². The molecule has 7 heteroatoms. The highest BCUT2D eigenvalue weighted by Gasteiger charge is 2.20. The Morgan fingerprint density at radius 3 is 2.33 bits per heavy atom. The van der Waals surface area contributed by atoms with Crippen LogP contribution in [0.1, 0.15) is 12.5 Å². The molecule has 24 heavy (non-hydrogen) atoms. The van der Waals surface area contributed by atoms with Crippen molar-refractivity contribution in [3.63, 3.8) is 0 Å². The molecule has 0 saturated heterocycles. The third-order valence-electron chi connectivity index (χ3n) is 3.43. The fourth-order valence-corrected chi connectivity index (χ4v) is 3.25. The second-order valence-corrected chi connectivity index (χ2v) is 7.04. The monoisotopic (exact) mass is 348 g/mol. The van der Waals surface area contributed by atoms with E-state index in [4.69, 9.17) is 9.94 Å². The molecule has 2 aromatic rings. The van der Waals surface area contributed by atoms with E-state index in [0.717, 1.165) is 5.56 Å². The number of aliphatic hydroxyl groups is 1. The van der Waals surface area contributed by atoms with Gasteiger partial charge in [0.2, 0.25) is 0 Å². The normalized spacial score (nSPS) is 12.0. The van der Waals surface area contributed by atoms with Crippen molar-refractivity contribution in [2.75, 3.05) is 24.6 Å². The van der Waals surface area contributed by atoms with Crippen molar-refractivity contribution < 1.29 is 18.4 Å². The fourth-order valence-electron chi connectivity index (χ4n) is 2.04. The van der Waals surface area contributed by atoms with Gasteiger partial charge in [0.25, 0.3) is 10.0 Å². The van der Waals surface area contributed by atoms with Gasteiger partial charge in [0.15, 0.2) is 0 Å². The lowest BCUT2D eigenvalue weighted by molar-refractivity contribution is 0.0986. The molecule has 0 spiro atoms. The Bertz CT molecular complexity index is 787. The van der Waals surface area contributed by atoms with E-state index in [0.29, 0.717) is 11.4 Å². The van der Waals surface area contributed by atoms with E-state index in [2.05, 4.69) is 5.16 Å². The molecule has 0 radical (unpaired) electrons. The van der Waals surface area contributed by atoms with Crippen LogP contribution in [0.3, 0.4) is 0 Å². The molecule has 6 nitrogen and oxygen atoms in total. The van der Waals surface area contributed by atoms with Crippen molar-refractivity contribution in [2.24, 2.45) is 5.16 Å². The van der Waals surface area contributed by atoms with Gasteiger partial charge in [0, 0.05) is 7.05 Å². The summed E-state index contributed by atoms with van der Waals surface area (Å²) in [6.07, 6.45) is 0. The van der Waals surface area contributed by atoms with Gasteiger partial charge in [-0.25, -0.2) is 8.42 Å². The van der Waals surface area contributed by atoms with Crippen LogP contribution in [0.25, 0.3) is 0 Å². The lowest BCUT2D eigenvalue weighted by atomic mass is 10.1. The van der Waals surface area contributed by atoms with Gasteiger partial charge in [-0.3, -0.25) is 4.31 Å². The maximum Gasteiger partial charge on any atom is 0.264 e. The Balaban J connectivity index is 2.20. The van der Waals surface area contributed by atoms with Crippen LogP contribution in [0.5, 0.6) is 0 Å². The first-order valence-corrected chi connectivity index (χ1v) is 8.82. The van der Waals surface area contributed by atoms with E-state index >= 15 is 0 Å². The Hall–Kier alpha value is -2.38. The van der Waals surface area contributed by atoms with Crippen LogP contribution in [0.15, 0.2) is 64.6 Å². The van der Waals surface area contributed by atoms with Gasteiger partial charge in [-0.1, -0.05) is 35.5 Å². The Labute approximate surface area is 142 Å².